The molecule has 1 N–H and O–H groups in total. The Labute approximate surface area is 117 Å². The summed E-state index contributed by atoms with van der Waals surface area (Å²) in [6.07, 6.45) is 4.27. The Balaban J connectivity index is 1.88. The Kier molecular flexibility index (Phi) is 3.90. The van der Waals surface area contributed by atoms with Gasteiger partial charge < -0.3 is 5.32 Å². The van der Waals surface area contributed by atoms with Gasteiger partial charge in [-0.3, -0.25) is 4.90 Å². The van der Waals surface area contributed by atoms with Crippen LogP contribution in [-0.4, -0.2) is 31.1 Å². The predicted octanol–water partition coefficient (Wildman–Crippen LogP) is 3.05. The molecule has 0 amide bonds. The van der Waals surface area contributed by atoms with E-state index in [1.807, 2.05) is 0 Å². The van der Waals surface area contributed by atoms with Crippen molar-refractivity contribution in [3.63, 3.8) is 0 Å². The molecule has 0 bridgehead atoms. The van der Waals surface area contributed by atoms with Crippen LogP contribution in [-0.2, 0) is 0 Å². The van der Waals surface area contributed by atoms with Crippen LogP contribution in [0.5, 0.6) is 0 Å². The van der Waals surface area contributed by atoms with Crippen molar-refractivity contribution in [2.24, 2.45) is 5.92 Å². The van der Waals surface area contributed by atoms with Crippen molar-refractivity contribution in [3.8, 4) is 0 Å². The third kappa shape index (κ3) is 3.01. The highest BCUT2D eigenvalue weighted by atomic mass is 15.2. The van der Waals surface area contributed by atoms with E-state index in [2.05, 4.69) is 42.3 Å². The van der Waals surface area contributed by atoms with Gasteiger partial charge in [-0.05, 0) is 42.9 Å². The molecule has 19 heavy (non-hydrogen) atoms. The van der Waals surface area contributed by atoms with Crippen LogP contribution in [0.15, 0.2) is 18.2 Å². The summed E-state index contributed by atoms with van der Waals surface area (Å²) in [5.41, 5.74) is 4.56. The molecule has 2 fully saturated rings. The maximum absolute atomic E-state index is 3.48. The molecule has 0 aromatic heterocycles. The third-order valence-electron chi connectivity index (χ3n) is 4.72. The first-order valence-electron chi connectivity index (χ1n) is 7.76. The zero-order chi connectivity index (χ0) is 13.2. The first kappa shape index (κ1) is 13.1. The molecule has 0 spiro atoms. The van der Waals surface area contributed by atoms with Crippen molar-refractivity contribution >= 4 is 0 Å². The van der Waals surface area contributed by atoms with Crippen molar-refractivity contribution in [2.75, 3.05) is 26.2 Å². The summed E-state index contributed by atoms with van der Waals surface area (Å²) in [5.74, 6) is 0.985. The van der Waals surface area contributed by atoms with E-state index in [-0.39, 0.29) is 0 Å². The average Bonchev–Trinajstić information content (AvgIpc) is 3.22. The molecule has 104 valence electrons. The topological polar surface area (TPSA) is 15.3 Å². The van der Waals surface area contributed by atoms with Gasteiger partial charge in [0.25, 0.3) is 0 Å². The van der Waals surface area contributed by atoms with E-state index in [4.69, 9.17) is 0 Å². The van der Waals surface area contributed by atoms with Crippen molar-refractivity contribution in [2.45, 2.75) is 39.2 Å². The smallest absolute Gasteiger partial charge is 0.0357 e. The highest BCUT2D eigenvalue weighted by Gasteiger charge is 2.31. The molecule has 1 saturated carbocycles. The maximum atomic E-state index is 3.48. The van der Waals surface area contributed by atoms with Crippen molar-refractivity contribution in [1.29, 1.82) is 0 Å². The number of hydrogen-bond acceptors (Lipinski definition) is 2. The third-order valence-corrected chi connectivity index (χ3v) is 4.72. The molecule has 1 aliphatic carbocycles. The van der Waals surface area contributed by atoms with Gasteiger partial charge >= 0.3 is 0 Å². The van der Waals surface area contributed by atoms with E-state index in [9.17, 15) is 0 Å². The van der Waals surface area contributed by atoms with Gasteiger partial charge in [-0.2, -0.15) is 0 Å². The lowest BCUT2D eigenvalue weighted by molar-refractivity contribution is 0.159. The van der Waals surface area contributed by atoms with E-state index in [0.29, 0.717) is 6.04 Å². The van der Waals surface area contributed by atoms with Crippen LogP contribution in [0.25, 0.3) is 0 Å². The first-order valence-corrected chi connectivity index (χ1v) is 7.76. The van der Waals surface area contributed by atoms with Gasteiger partial charge in [-0.25, -0.2) is 0 Å². The quantitative estimate of drug-likeness (QED) is 0.893. The number of piperazine rings is 1. The molecule has 2 aliphatic rings. The van der Waals surface area contributed by atoms with E-state index in [1.165, 1.54) is 43.5 Å². The van der Waals surface area contributed by atoms with E-state index in [1.54, 1.807) is 5.56 Å². The summed E-state index contributed by atoms with van der Waals surface area (Å²) in [6.45, 7) is 9.25. The standard InChI is InChI=1S/C17H26N2/c1-13-4-3-5-14(2)17(13)16(12-15-6-7-15)19-10-8-18-9-11-19/h3-5,15-16,18H,6-12H2,1-2H3/t16-/m1/s1. The van der Waals surface area contributed by atoms with Crippen LogP contribution in [0.2, 0.25) is 0 Å². The summed E-state index contributed by atoms with van der Waals surface area (Å²) in [7, 11) is 0. The lowest BCUT2D eigenvalue weighted by Crippen LogP contribution is -2.45. The normalized spacial score (nSPS) is 22.4. The second-order valence-corrected chi connectivity index (χ2v) is 6.29. The zero-order valence-corrected chi connectivity index (χ0v) is 12.3. The van der Waals surface area contributed by atoms with Gasteiger partial charge in [0.2, 0.25) is 0 Å². The molecule has 1 saturated heterocycles. The Morgan fingerprint density at radius 2 is 1.79 bits per heavy atom. The molecular formula is C17H26N2. The fourth-order valence-electron chi connectivity index (χ4n) is 3.47. The Bertz CT molecular complexity index is 411. The second-order valence-electron chi connectivity index (χ2n) is 6.29. The average molecular weight is 258 g/mol. The Morgan fingerprint density at radius 1 is 1.16 bits per heavy atom. The van der Waals surface area contributed by atoms with Crippen molar-refractivity contribution < 1.29 is 0 Å². The summed E-state index contributed by atoms with van der Waals surface area (Å²) in [5, 5.41) is 3.48. The molecule has 0 unspecified atom stereocenters. The summed E-state index contributed by atoms with van der Waals surface area (Å²) in [4.78, 5) is 2.71. The largest absolute Gasteiger partial charge is 0.314 e. The van der Waals surface area contributed by atoms with Crippen LogP contribution in [0.1, 0.15) is 42.0 Å². The van der Waals surface area contributed by atoms with Gasteiger partial charge in [0, 0.05) is 32.2 Å². The Hall–Kier alpha value is -0.860. The summed E-state index contributed by atoms with van der Waals surface area (Å²) >= 11 is 0. The van der Waals surface area contributed by atoms with Crippen LogP contribution in [0.3, 0.4) is 0 Å². The van der Waals surface area contributed by atoms with Crippen LogP contribution in [0.4, 0.5) is 0 Å². The molecule has 1 aromatic carbocycles. The molecular weight excluding hydrogens is 232 g/mol. The minimum atomic E-state index is 0.649. The lowest BCUT2D eigenvalue weighted by Gasteiger charge is -2.37. The number of nitrogens with zero attached hydrogens (tertiary/aromatic N) is 1. The van der Waals surface area contributed by atoms with Gasteiger partial charge in [0.15, 0.2) is 0 Å². The lowest BCUT2D eigenvalue weighted by atomic mass is 9.91. The minimum absolute atomic E-state index is 0.649. The molecule has 1 aromatic rings. The monoisotopic (exact) mass is 258 g/mol. The minimum Gasteiger partial charge on any atom is -0.314 e. The second kappa shape index (κ2) is 5.64. The molecule has 1 aliphatic heterocycles. The SMILES string of the molecule is Cc1cccc(C)c1[C@@H](CC1CC1)N1CCNCC1. The molecule has 2 nitrogen and oxygen atoms in total. The van der Waals surface area contributed by atoms with Crippen molar-refractivity contribution in [1.82, 2.24) is 10.2 Å². The van der Waals surface area contributed by atoms with Gasteiger partial charge in [-0.1, -0.05) is 31.0 Å². The van der Waals surface area contributed by atoms with E-state index in [0.717, 1.165) is 19.0 Å². The number of aryl methyl sites for hydroxylation is 2. The summed E-state index contributed by atoms with van der Waals surface area (Å²) in [6, 6.07) is 7.41. The fraction of sp³-hybridized carbons (Fsp3) is 0.647. The van der Waals surface area contributed by atoms with E-state index < -0.39 is 0 Å². The number of hydrogen-bond donors (Lipinski definition) is 1. The van der Waals surface area contributed by atoms with Gasteiger partial charge in [-0.15, -0.1) is 0 Å². The van der Waals surface area contributed by atoms with Gasteiger partial charge in [0.1, 0.15) is 0 Å². The number of rotatable bonds is 4. The number of benzene rings is 1. The highest BCUT2D eigenvalue weighted by Crippen LogP contribution is 2.41. The van der Waals surface area contributed by atoms with Crippen LogP contribution < -0.4 is 5.32 Å². The molecule has 2 heteroatoms. The van der Waals surface area contributed by atoms with Gasteiger partial charge in [0.05, 0.1) is 0 Å². The zero-order valence-electron chi connectivity index (χ0n) is 12.3. The maximum Gasteiger partial charge on any atom is 0.0357 e. The highest BCUT2D eigenvalue weighted by molar-refractivity contribution is 5.36. The van der Waals surface area contributed by atoms with Crippen LogP contribution >= 0.6 is 0 Å². The fourth-order valence-corrected chi connectivity index (χ4v) is 3.47. The summed E-state index contributed by atoms with van der Waals surface area (Å²) < 4.78 is 0. The first-order chi connectivity index (χ1) is 9.25. The molecule has 3 rings (SSSR count). The number of nitrogens with one attached hydrogen (secondary N) is 1. The van der Waals surface area contributed by atoms with Crippen molar-refractivity contribution in [3.05, 3.63) is 34.9 Å². The van der Waals surface area contributed by atoms with Crippen LogP contribution in [0, 0.1) is 19.8 Å². The molecule has 1 atom stereocenters. The Morgan fingerprint density at radius 3 is 2.37 bits per heavy atom. The predicted molar refractivity (Wildman–Crippen MR) is 80.4 cm³/mol. The van der Waals surface area contributed by atoms with E-state index >= 15 is 0 Å². The molecule has 1 heterocycles. The molecule has 0 radical (unpaired) electrons.